The van der Waals surface area contributed by atoms with Gasteiger partial charge in [0.05, 0.1) is 15.5 Å². The Morgan fingerprint density at radius 2 is 2.19 bits per heavy atom. The van der Waals surface area contributed by atoms with Crippen molar-refractivity contribution in [3.63, 3.8) is 0 Å². The summed E-state index contributed by atoms with van der Waals surface area (Å²) in [5.41, 5.74) is 1.13. The fraction of sp³-hybridized carbons (Fsp3) is 0.364. The highest BCUT2D eigenvalue weighted by molar-refractivity contribution is 7.16. The Labute approximate surface area is 97.2 Å². The van der Waals surface area contributed by atoms with Crippen LogP contribution in [0.2, 0.25) is 0 Å². The van der Waals surface area contributed by atoms with Gasteiger partial charge in [-0.3, -0.25) is 0 Å². The molecule has 5 heteroatoms. The predicted molar refractivity (Wildman–Crippen MR) is 66.1 cm³/mol. The third kappa shape index (κ3) is 2.04. The molecule has 0 bridgehead atoms. The van der Waals surface area contributed by atoms with Crippen LogP contribution in [0, 0.1) is 4.91 Å². The third-order valence-electron chi connectivity index (χ3n) is 2.45. The van der Waals surface area contributed by atoms with Crippen LogP contribution in [-0.4, -0.2) is 4.57 Å². The minimum absolute atomic E-state index is 0.685. The molecule has 0 saturated carbocycles. The number of aromatic nitrogens is 1. The molecule has 2 aromatic rings. The number of hydrogen-bond acceptors (Lipinski definition) is 3. The van der Waals surface area contributed by atoms with E-state index in [0.29, 0.717) is 4.80 Å². The van der Waals surface area contributed by atoms with Crippen molar-refractivity contribution in [3.8, 4) is 0 Å². The lowest BCUT2D eigenvalue weighted by atomic mass is 10.3. The average molecular weight is 235 g/mol. The van der Waals surface area contributed by atoms with Crippen molar-refractivity contribution in [2.24, 2.45) is 10.4 Å². The molecule has 0 aliphatic carbocycles. The van der Waals surface area contributed by atoms with Crippen LogP contribution in [-0.2, 0) is 6.54 Å². The van der Waals surface area contributed by atoms with Crippen molar-refractivity contribution < 1.29 is 0 Å². The summed E-state index contributed by atoms with van der Waals surface area (Å²) < 4.78 is 3.20. The molecule has 1 heterocycles. The zero-order valence-electron chi connectivity index (χ0n) is 9.09. The summed E-state index contributed by atoms with van der Waals surface area (Å²) in [5.74, 6) is 0. The number of para-hydroxylation sites is 1. The summed E-state index contributed by atoms with van der Waals surface area (Å²) in [6, 6.07) is 8.06. The van der Waals surface area contributed by atoms with E-state index in [-0.39, 0.29) is 0 Å². The molecule has 0 fully saturated rings. The van der Waals surface area contributed by atoms with Crippen LogP contribution >= 0.6 is 11.3 Å². The molecule has 0 amide bonds. The van der Waals surface area contributed by atoms with Crippen LogP contribution < -0.4 is 4.80 Å². The molecular weight excluding hydrogens is 222 g/mol. The van der Waals surface area contributed by atoms with E-state index in [9.17, 15) is 4.91 Å². The van der Waals surface area contributed by atoms with Crippen molar-refractivity contribution in [2.75, 3.05) is 0 Å². The molecule has 2 rings (SSSR count). The van der Waals surface area contributed by atoms with Gasteiger partial charge in [-0.2, -0.15) is 0 Å². The van der Waals surface area contributed by atoms with Gasteiger partial charge < -0.3 is 4.57 Å². The molecule has 0 unspecified atom stereocenters. The van der Waals surface area contributed by atoms with Crippen LogP contribution in [0.1, 0.15) is 19.8 Å². The zero-order valence-corrected chi connectivity index (χ0v) is 9.91. The maximum Gasteiger partial charge on any atom is 0.215 e. The number of hydrogen-bond donors (Lipinski definition) is 0. The van der Waals surface area contributed by atoms with Crippen LogP contribution in [0.4, 0.5) is 0 Å². The Hall–Kier alpha value is -1.49. The van der Waals surface area contributed by atoms with Gasteiger partial charge in [-0.25, -0.2) is 0 Å². The van der Waals surface area contributed by atoms with E-state index in [1.54, 1.807) is 0 Å². The van der Waals surface area contributed by atoms with Gasteiger partial charge in [-0.15, -0.1) is 4.91 Å². The first-order chi connectivity index (χ1) is 7.86. The highest BCUT2D eigenvalue weighted by Crippen LogP contribution is 2.17. The maximum absolute atomic E-state index is 10.3. The molecule has 1 aromatic heterocycles. The summed E-state index contributed by atoms with van der Waals surface area (Å²) in [4.78, 5) is 10.9. The maximum atomic E-state index is 10.3. The second-order valence-electron chi connectivity index (χ2n) is 3.54. The SMILES string of the molecule is CCCCn1/c(=N\N=O)sc2ccccc21. The second kappa shape index (κ2) is 5.03. The minimum Gasteiger partial charge on any atom is -0.315 e. The first-order valence-electron chi connectivity index (χ1n) is 5.31. The highest BCUT2D eigenvalue weighted by Gasteiger charge is 2.04. The van der Waals surface area contributed by atoms with E-state index in [0.717, 1.165) is 29.6 Å². The van der Waals surface area contributed by atoms with Crippen LogP contribution in [0.25, 0.3) is 10.2 Å². The van der Waals surface area contributed by atoms with Gasteiger partial charge >= 0.3 is 0 Å². The highest BCUT2D eigenvalue weighted by atomic mass is 32.1. The van der Waals surface area contributed by atoms with Crippen molar-refractivity contribution >= 4 is 21.6 Å². The number of unbranched alkanes of at least 4 members (excludes halogenated alkanes) is 1. The lowest BCUT2D eigenvalue weighted by Gasteiger charge is -2.02. The Bertz CT molecular complexity index is 556. The summed E-state index contributed by atoms with van der Waals surface area (Å²) in [7, 11) is 0. The largest absolute Gasteiger partial charge is 0.315 e. The van der Waals surface area contributed by atoms with Gasteiger partial charge in [-0.05, 0) is 18.6 Å². The molecule has 4 nitrogen and oxygen atoms in total. The molecule has 0 N–H and O–H groups in total. The van der Waals surface area contributed by atoms with Gasteiger partial charge in [0.2, 0.25) is 4.80 Å². The normalized spacial score (nSPS) is 12.2. The minimum atomic E-state index is 0.685. The van der Waals surface area contributed by atoms with E-state index in [1.165, 1.54) is 11.3 Å². The smallest absolute Gasteiger partial charge is 0.215 e. The quantitative estimate of drug-likeness (QED) is 0.593. The molecule has 0 aliphatic rings. The third-order valence-corrected chi connectivity index (χ3v) is 3.50. The van der Waals surface area contributed by atoms with Crippen molar-refractivity contribution in [1.29, 1.82) is 0 Å². The van der Waals surface area contributed by atoms with Crippen LogP contribution in [0.5, 0.6) is 0 Å². The first kappa shape index (κ1) is 11.0. The molecule has 0 saturated heterocycles. The van der Waals surface area contributed by atoms with Gasteiger partial charge in [0, 0.05) is 6.54 Å². The van der Waals surface area contributed by atoms with E-state index in [4.69, 9.17) is 0 Å². The van der Waals surface area contributed by atoms with Crippen molar-refractivity contribution in [1.82, 2.24) is 4.57 Å². The molecule has 0 atom stereocenters. The van der Waals surface area contributed by atoms with E-state index >= 15 is 0 Å². The fourth-order valence-corrected chi connectivity index (χ4v) is 2.66. The zero-order chi connectivity index (χ0) is 11.4. The van der Waals surface area contributed by atoms with Crippen molar-refractivity contribution in [2.45, 2.75) is 26.3 Å². The molecule has 1 aromatic carbocycles. The molecule has 0 aliphatic heterocycles. The number of aryl methyl sites for hydroxylation is 1. The molecule has 0 spiro atoms. The standard InChI is InChI=1S/C11H13N3OS/c1-2-3-8-14-9-6-4-5-7-10(9)16-11(14)12-13-15/h4-7H,2-3,8H2,1H3/b12-11+. The summed E-state index contributed by atoms with van der Waals surface area (Å²) in [6.07, 6.45) is 2.19. The lowest BCUT2D eigenvalue weighted by molar-refractivity contribution is 0.631. The summed E-state index contributed by atoms with van der Waals surface area (Å²) in [5, 5.41) is 6.28. The van der Waals surface area contributed by atoms with Crippen LogP contribution in [0.15, 0.2) is 34.7 Å². The molecule has 0 radical (unpaired) electrons. The number of fused-ring (bicyclic) bond motifs is 1. The average Bonchev–Trinajstić information content (AvgIpc) is 2.65. The second-order valence-corrected chi connectivity index (χ2v) is 4.55. The first-order valence-corrected chi connectivity index (χ1v) is 6.13. The number of benzene rings is 1. The topological polar surface area (TPSA) is 46.7 Å². The number of rotatable bonds is 4. The van der Waals surface area contributed by atoms with Crippen molar-refractivity contribution in [3.05, 3.63) is 34.0 Å². The monoisotopic (exact) mass is 235 g/mol. The molecular formula is C11H13N3OS. The number of nitroso groups, excluding NO2 is 1. The number of thiazole rings is 1. The van der Waals surface area contributed by atoms with Gasteiger partial charge in [-0.1, -0.05) is 41.9 Å². The van der Waals surface area contributed by atoms with E-state index < -0.39 is 0 Å². The van der Waals surface area contributed by atoms with E-state index in [1.807, 2.05) is 24.3 Å². The lowest BCUT2D eigenvalue weighted by Crippen LogP contribution is -2.14. The Morgan fingerprint density at radius 3 is 2.94 bits per heavy atom. The fourth-order valence-electron chi connectivity index (χ4n) is 1.66. The Balaban J connectivity index is 2.60. The predicted octanol–water partition coefficient (Wildman–Crippen LogP) is 3.09. The van der Waals surface area contributed by atoms with Gasteiger partial charge in [0.15, 0.2) is 0 Å². The Morgan fingerprint density at radius 1 is 1.38 bits per heavy atom. The van der Waals surface area contributed by atoms with Gasteiger partial charge in [0.1, 0.15) is 0 Å². The Kier molecular flexibility index (Phi) is 3.46. The summed E-state index contributed by atoms with van der Waals surface area (Å²) in [6.45, 7) is 3.03. The number of nitrogens with zero attached hydrogens (tertiary/aromatic N) is 3. The molecule has 16 heavy (non-hydrogen) atoms. The van der Waals surface area contributed by atoms with Gasteiger partial charge in [0.25, 0.3) is 0 Å². The van der Waals surface area contributed by atoms with E-state index in [2.05, 4.69) is 21.9 Å². The van der Waals surface area contributed by atoms with Crippen LogP contribution in [0.3, 0.4) is 0 Å². The summed E-state index contributed by atoms with van der Waals surface area (Å²) >= 11 is 1.50. The molecule has 84 valence electrons.